The number of hydrogen-bond acceptors (Lipinski definition) is 7. The van der Waals surface area contributed by atoms with Gasteiger partial charge in [0, 0.05) is 24.0 Å². The van der Waals surface area contributed by atoms with E-state index in [9.17, 15) is 14.4 Å². The van der Waals surface area contributed by atoms with Crippen LogP contribution in [0.25, 0.3) is 11.0 Å². The smallest absolute Gasteiger partial charge is 0.355 e. The fourth-order valence-electron chi connectivity index (χ4n) is 3.59. The fourth-order valence-corrected chi connectivity index (χ4v) is 3.59. The van der Waals surface area contributed by atoms with Gasteiger partial charge in [0.25, 0.3) is 0 Å². The van der Waals surface area contributed by atoms with Gasteiger partial charge in [-0.1, -0.05) is 0 Å². The van der Waals surface area contributed by atoms with Crippen LogP contribution in [-0.4, -0.2) is 50.7 Å². The first-order chi connectivity index (χ1) is 14.1. The van der Waals surface area contributed by atoms with Crippen LogP contribution in [0.1, 0.15) is 60.8 Å². The Labute approximate surface area is 173 Å². The lowest BCUT2D eigenvalue weighted by atomic mass is 10.1. The van der Waals surface area contributed by atoms with Crippen molar-refractivity contribution in [3.63, 3.8) is 0 Å². The maximum atomic E-state index is 12.8. The molecule has 0 fully saturated rings. The number of aryl methyl sites for hydroxylation is 4. The number of carbonyl (C=O) groups excluding carboxylic acids is 3. The highest BCUT2D eigenvalue weighted by molar-refractivity contribution is 6.07. The second-order valence-electron chi connectivity index (χ2n) is 7.06. The molecule has 0 bridgehead atoms. The van der Waals surface area contributed by atoms with Crippen LogP contribution in [-0.2, 0) is 16.5 Å². The van der Waals surface area contributed by atoms with Crippen molar-refractivity contribution in [3.8, 4) is 0 Å². The van der Waals surface area contributed by atoms with Gasteiger partial charge in [-0.05, 0) is 46.2 Å². The van der Waals surface area contributed by atoms with Crippen LogP contribution in [0.5, 0.6) is 0 Å². The van der Waals surface area contributed by atoms with Gasteiger partial charge in [0.1, 0.15) is 5.69 Å². The third-order valence-electron chi connectivity index (χ3n) is 4.85. The average molecular weight is 412 g/mol. The van der Waals surface area contributed by atoms with Crippen LogP contribution < -0.4 is 0 Å². The van der Waals surface area contributed by atoms with Gasteiger partial charge in [-0.25, -0.2) is 14.6 Å². The maximum absolute atomic E-state index is 12.8. The molecule has 0 amide bonds. The molecule has 3 rings (SSSR count). The number of pyridine rings is 1. The second kappa shape index (κ2) is 8.10. The molecule has 0 aliphatic carbocycles. The predicted molar refractivity (Wildman–Crippen MR) is 109 cm³/mol. The van der Waals surface area contributed by atoms with Crippen molar-refractivity contribution in [2.75, 3.05) is 13.2 Å². The molecule has 0 radical (unpaired) electrons. The van der Waals surface area contributed by atoms with Crippen molar-refractivity contribution in [2.45, 2.75) is 34.6 Å². The Balaban J connectivity index is 1.83. The van der Waals surface area contributed by atoms with Gasteiger partial charge in [0.15, 0.2) is 12.3 Å². The number of Topliss-reactive ketones (excluding diaryl/α,β-unsaturated/α-hetero) is 1. The Morgan fingerprint density at radius 3 is 2.47 bits per heavy atom. The summed E-state index contributed by atoms with van der Waals surface area (Å²) in [5.41, 5.74) is 3.70. The number of ketones is 1. The molecule has 0 aliphatic heterocycles. The van der Waals surface area contributed by atoms with E-state index >= 15 is 0 Å². The molecule has 158 valence electrons. The Morgan fingerprint density at radius 2 is 1.80 bits per heavy atom. The molecular formula is C21H24N4O5. The molecule has 0 saturated carbocycles. The SMILES string of the molecule is CCOC(=O)c1[nH]c(C)c(C(=O)COC(=O)c2cc(C)nc3c2c(C)nn3C)c1C. The number of esters is 2. The van der Waals surface area contributed by atoms with E-state index in [4.69, 9.17) is 9.47 Å². The van der Waals surface area contributed by atoms with Crippen LogP contribution >= 0.6 is 0 Å². The molecule has 0 saturated heterocycles. The topological polar surface area (TPSA) is 116 Å². The van der Waals surface area contributed by atoms with Crippen molar-refractivity contribution < 1.29 is 23.9 Å². The summed E-state index contributed by atoms with van der Waals surface area (Å²) < 4.78 is 11.9. The molecule has 0 aromatic carbocycles. The minimum absolute atomic E-state index is 0.224. The summed E-state index contributed by atoms with van der Waals surface area (Å²) in [7, 11) is 1.75. The largest absolute Gasteiger partial charge is 0.461 e. The first kappa shape index (κ1) is 21.2. The summed E-state index contributed by atoms with van der Waals surface area (Å²) in [5.74, 6) is -1.57. The van der Waals surface area contributed by atoms with Crippen LogP contribution in [0.3, 0.4) is 0 Å². The molecule has 0 spiro atoms. The van der Waals surface area contributed by atoms with Crippen molar-refractivity contribution in [1.29, 1.82) is 0 Å². The molecule has 1 N–H and O–H groups in total. The number of nitrogens with one attached hydrogen (secondary N) is 1. The molecule has 3 aromatic heterocycles. The van der Waals surface area contributed by atoms with E-state index in [1.807, 2.05) is 0 Å². The third-order valence-corrected chi connectivity index (χ3v) is 4.85. The molecule has 9 nitrogen and oxygen atoms in total. The van der Waals surface area contributed by atoms with E-state index in [2.05, 4.69) is 15.1 Å². The molecule has 30 heavy (non-hydrogen) atoms. The van der Waals surface area contributed by atoms with Gasteiger partial charge < -0.3 is 14.5 Å². The van der Waals surface area contributed by atoms with E-state index in [-0.39, 0.29) is 12.3 Å². The summed E-state index contributed by atoms with van der Waals surface area (Å²) in [4.78, 5) is 44.8. The predicted octanol–water partition coefficient (Wildman–Crippen LogP) is 2.75. The minimum atomic E-state index is -0.633. The van der Waals surface area contributed by atoms with E-state index < -0.39 is 24.3 Å². The number of ether oxygens (including phenoxy) is 2. The zero-order chi connectivity index (χ0) is 22.2. The number of nitrogens with zero attached hydrogens (tertiary/aromatic N) is 3. The summed E-state index contributed by atoms with van der Waals surface area (Å²) in [6.07, 6.45) is 0. The van der Waals surface area contributed by atoms with Gasteiger partial charge in [-0.15, -0.1) is 0 Å². The molecule has 9 heteroatoms. The zero-order valence-corrected chi connectivity index (χ0v) is 17.9. The van der Waals surface area contributed by atoms with E-state index in [0.29, 0.717) is 44.8 Å². The summed E-state index contributed by atoms with van der Waals surface area (Å²) in [6, 6.07) is 1.62. The number of aromatic amines is 1. The monoisotopic (exact) mass is 412 g/mol. The Bertz CT molecular complexity index is 1170. The standard InChI is InChI=1S/C21H24N4O5/c1-7-29-21(28)18-11(3)16(12(4)23-18)15(26)9-30-20(27)14-8-10(2)22-19-17(14)13(5)24-25(19)6/h8,23H,7,9H2,1-6H3. The Hall–Kier alpha value is -3.49. The number of hydrogen-bond donors (Lipinski definition) is 1. The van der Waals surface area contributed by atoms with Crippen molar-refractivity contribution in [2.24, 2.45) is 7.05 Å². The van der Waals surface area contributed by atoms with E-state index in [1.54, 1.807) is 52.4 Å². The highest BCUT2D eigenvalue weighted by Crippen LogP contribution is 2.23. The van der Waals surface area contributed by atoms with Gasteiger partial charge in [0.05, 0.1) is 23.3 Å². The van der Waals surface area contributed by atoms with Crippen molar-refractivity contribution >= 4 is 28.8 Å². The maximum Gasteiger partial charge on any atom is 0.355 e. The lowest BCUT2D eigenvalue weighted by Gasteiger charge is -2.07. The number of rotatable bonds is 6. The second-order valence-corrected chi connectivity index (χ2v) is 7.06. The number of fused-ring (bicyclic) bond motifs is 1. The van der Waals surface area contributed by atoms with Crippen molar-refractivity contribution in [3.05, 3.63) is 45.5 Å². The highest BCUT2D eigenvalue weighted by atomic mass is 16.5. The normalized spacial score (nSPS) is 11.0. The Kier molecular flexibility index (Phi) is 5.73. The quantitative estimate of drug-likeness (QED) is 0.489. The first-order valence-corrected chi connectivity index (χ1v) is 9.53. The summed E-state index contributed by atoms with van der Waals surface area (Å²) in [5, 5.41) is 4.90. The van der Waals surface area contributed by atoms with Gasteiger partial charge in [-0.2, -0.15) is 5.10 Å². The molecule has 0 unspecified atom stereocenters. The molecule has 3 aromatic rings. The van der Waals surface area contributed by atoms with Crippen LogP contribution in [0.4, 0.5) is 0 Å². The number of aromatic nitrogens is 4. The van der Waals surface area contributed by atoms with E-state index in [1.165, 1.54) is 0 Å². The van der Waals surface area contributed by atoms with Crippen LogP contribution in [0.15, 0.2) is 6.07 Å². The number of H-pyrrole nitrogens is 1. The summed E-state index contributed by atoms with van der Waals surface area (Å²) in [6.45, 7) is 8.36. The zero-order valence-electron chi connectivity index (χ0n) is 17.9. The van der Waals surface area contributed by atoms with Crippen LogP contribution in [0.2, 0.25) is 0 Å². The Morgan fingerprint density at radius 1 is 1.10 bits per heavy atom. The highest BCUT2D eigenvalue weighted by Gasteiger charge is 2.25. The van der Waals surface area contributed by atoms with Crippen LogP contribution in [0, 0.1) is 27.7 Å². The van der Waals surface area contributed by atoms with E-state index in [0.717, 1.165) is 0 Å². The van der Waals surface area contributed by atoms with Crippen molar-refractivity contribution in [1.82, 2.24) is 19.7 Å². The minimum Gasteiger partial charge on any atom is -0.461 e. The van der Waals surface area contributed by atoms with Gasteiger partial charge in [0.2, 0.25) is 5.78 Å². The lowest BCUT2D eigenvalue weighted by Crippen LogP contribution is -2.16. The van der Waals surface area contributed by atoms with Gasteiger partial charge >= 0.3 is 11.9 Å². The molecule has 0 atom stereocenters. The lowest BCUT2D eigenvalue weighted by molar-refractivity contribution is 0.0474. The third kappa shape index (κ3) is 3.70. The van der Waals surface area contributed by atoms with Gasteiger partial charge in [-0.3, -0.25) is 9.48 Å². The fraction of sp³-hybridized carbons (Fsp3) is 0.381. The first-order valence-electron chi connectivity index (χ1n) is 9.53. The molecule has 0 aliphatic rings. The summed E-state index contributed by atoms with van der Waals surface area (Å²) >= 11 is 0. The average Bonchev–Trinajstić information content (AvgIpc) is 3.14. The number of carbonyl (C=O) groups is 3. The molecular weight excluding hydrogens is 388 g/mol. The molecule has 3 heterocycles.